The first kappa shape index (κ1) is 15.3. The summed E-state index contributed by atoms with van der Waals surface area (Å²) in [6.07, 6.45) is 4.05. The van der Waals surface area contributed by atoms with Gasteiger partial charge in [0, 0.05) is 18.1 Å². The molecule has 0 saturated carbocycles. The zero-order valence-corrected chi connectivity index (χ0v) is 13.8. The highest BCUT2D eigenvalue weighted by Gasteiger charge is 2.18. The monoisotopic (exact) mass is 337 g/mol. The van der Waals surface area contributed by atoms with Gasteiger partial charge in [-0.05, 0) is 37.0 Å². The van der Waals surface area contributed by atoms with Crippen LogP contribution in [-0.4, -0.2) is 28.3 Å². The van der Waals surface area contributed by atoms with Gasteiger partial charge in [-0.2, -0.15) is 10.1 Å². The van der Waals surface area contributed by atoms with Crippen molar-refractivity contribution in [3.8, 4) is 0 Å². The van der Waals surface area contributed by atoms with Crippen molar-refractivity contribution in [1.82, 2.24) is 15.2 Å². The van der Waals surface area contributed by atoms with Crippen LogP contribution in [0.4, 0.5) is 17.5 Å². The van der Waals surface area contributed by atoms with Gasteiger partial charge < -0.3 is 10.2 Å². The van der Waals surface area contributed by atoms with E-state index in [0.717, 1.165) is 24.8 Å². The summed E-state index contributed by atoms with van der Waals surface area (Å²) in [5.41, 5.74) is 0.706. The minimum atomic E-state index is 0.431. The Morgan fingerprint density at radius 1 is 1.23 bits per heavy atom. The average Bonchev–Trinajstić information content (AvgIpc) is 2.51. The molecule has 1 aromatic heterocycles. The smallest absolute Gasteiger partial charge is 0.249 e. The Balaban J connectivity index is 1.76. The van der Waals surface area contributed by atoms with Gasteiger partial charge in [0.2, 0.25) is 5.95 Å². The molecule has 2 aromatic rings. The molecule has 1 aliphatic rings. The third-order valence-corrected chi connectivity index (χ3v) is 4.38. The van der Waals surface area contributed by atoms with Crippen molar-refractivity contribution >= 4 is 40.7 Å². The van der Waals surface area contributed by atoms with E-state index in [-0.39, 0.29) is 0 Å². The van der Waals surface area contributed by atoms with E-state index in [1.54, 1.807) is 24.4 Å². The summed E-state index contributed by atoms with van der Waals surface area (Å²) in [5, 5.41) is 12.2. The molecule has 1 aliphatic heterocycles. The van der Waals surface area contributed by atoms with Gasteiger partial charge in [0.1, 0.15) is 0 Å². The van der Waals surface area contributed by atoms with Crippen LogP contribution in [0.5, 0.6) is 0 Å². The third-order valence-electron chi connectivity index (χ3n) is 3.83. The molecule has 3 rings (SSSR count). The van der Waals surface area contributed by atoms with Crippen LogP contribution < -0.4 is 10.2 Å². The number of halogens is 2. The summed E-state index contributed by atoms with van der Waals surface area (Å²) < 4.78 is 0. The highest BCUT2D eigenvalue weighted by molar-refractivity contribution is 6.36. The molecule has 0 bridgehead atoms. The van der Waals surface area contributed by atoms with E-state index < -0.39 is 0 Å². The maximum Gasteiger partial charge on any atom is 0.249 e. The fourth-order valence-electron chi connectivity index (χ4n) is 2.45. The Hall–Kier alpha value is -1.59. The standard InChI is InChI=1S/C15H17Cl2N5/c1-10-4-6-22(7-5-10)14-9-18-21-15(20-14)19-13-3-2-11(16)8-12(13)17/h2-3,8-10H,4-7H2,1H3,(H,19,20,21). The molecule has 0 radical (unpaired) electrons. The maximum atomic E-state index is 6.15. The molecule has 0 amide bonds. The Morgan fingerprint density at radius 3 is 2.73 bits per heavy atom. The quantitative estimate of drug-likeness (QED) is 0.911. The first-order valence-corrected chi connectivity index (χ1v) is 8.04. The highest BCUT2D eigenvalue weighted by Crippen LogP contribution is 2.28. The van der Waals surface area contributed by atoms with Gasteiger partial charge in [-0.1, -0.05) is 30.1 Å². The molecule has 0 spiro atoms. The molecule has 22 heavy (non-hydrogen) atoms. The van der Waals surface area contributed by atoms with E-state index in [1.165, 1.54) is 12.8 Å². The van der Waals surface area contributed by atoms with Crippen molar-refractivity contribution in [2.45, 2.75) is 19.8 Å². The lowest BCUT2D eigenvalue weighted by Crippen LogP contribution is -2.33. The van der Waals surface area contributed by atoms with Crippen LogP contribution in [0.15, 0.2) is 24.4 Å². The second-order valence-corrected chi connectivity index (χ2v) is 6.40. The van der Waals surface area contributed by atoms with Crippen LogP contribution in [0.3, 0.4) is 0 Å². The predicted octanol–water partition coefficient (Wildman–Crippen LogP) is 4.16. The second kappa shape index (κ2) is 6.67. The van der Waals surface area contributed by atoms with Crippen LogP contribution >= 0.6 is 23.2 Å². The number of aromatic nitrogens is 3. The largest absolute Gasteiger partial charge is 0.355 e. The van der Waals surface area contributed by atoms with Crippen molar-refractivity contribution in [3.05, 3.63) is 34.4 Å². The number of piperidine rings is 1. The van der Waals surface area contributed by atoms with E-state index in [9.17, 15) is 0 Å². The topological polar surface area (TPSA) is 53.9 Å². The fourth-order valence-corrected chi connectivity index (χ4v) is 2.90. The minimum Gasteiger partial charge on any atom is -0.355 e. The van der Waals surface area contributed by atoms with Gasteiger partial charge in [-0.3, -0.25) is 0 Å². The molecule has 2 heterocycles. The van der Waals surface area contributed by atoms with E-state index in [0.29, 0.717) is 21.7 Å². The Kier molecular flexibility index (Phi) is 4.64. The fraction of sp³-hybridized carbons (Fsp3) is 0.400. The lowest BCUT2D eigenvalue weighted by molar-refractivity contribution is 0.436. The molecule has 5 nitrogen and oxygen atoms in total. The van der Waals surface area contributed by atoms with Gasteiger partial charge in [0.15, 0.2) is 5.82 Å². The summed E-state index contributed by atoms with van der Waals surface area (Å²) in [4.78, 5) is 6.77. The number of benzene rings is 1. The number of nitrogens with one attached hydrogen (secondary N) is 1. The Bertz CT molecular complexity index is 656. The molecule has 0 atom stereocenters. The third kappa shape index (κ3) is 3.59. The van der Waals surface area contributed by atoms with E-state index >= 15 is 0 Å². The Morgan fingerprint density at radius 2 is 2.00 bits per heavy atom. The number of anilines is 3. The van der Waals surface area contributed by atoms with Crippen molar-refractivity contribution in [1.29, 1.82) is 0 Å². The van der Waals surface area contributed by atoms with Gasteiger partial charge in [0.05, 0.1) is 16.9 Å². The number of nitrogens with zero attached hydrogens (tertiary/aromatic N) is 4. The maximum absolute atomic E-state index is 6.15. The summed E-state index contributed by atoms with van der Waals surface area (Å²) in [6, 6.07) is 5.23. The predicted molar refractivity (Wildman–Crippen MR) is 90.2 cm³/mol. The lowest BCUT2D eigenvalue weighted by atomic mass is 9.99. The second-order valence-electron chi connectivity index (χ2n) is 5.56. The number of hydrogen-bond acceptors (Lipinski definition) is 5. The van der Waals surface area contributed by atoms with Crippen molar-refractivity contribution in [2.75, 3.05) is 23.3 Å². The van der Waals surface area contributed by atoms with Crippen LogP contribution in [0.2, 0.25) is 10.0 Å². The summed E-state index contributed by atoms with van der Waals surface area (Å²) in [7, 11) is 0. The molecule has 1 saturated heterocycles. The molecule has 116 valence electrons. The van der Waals surface area contributed by atoms with Gasteiger partial charge in [-0.15, -0.1) is 5.10 Å². The first-order chi connectivity index (χ1) is 10.6. The molecule has 1 fully saturated rings. The van der Waals surface area contributed by atoms with Crippen LogP contribution in [-0.2, 0) is 0 Å². The summed E-state index contributed by atoms with van der Waals surface area (Å²) in [6.45, 7) is 4.28. The molecule has 0 unspecified atom stereocenters. The molecule has 0 aliphatic carbocycles. The zero-order chi connectivity index (χ0) is 15.5. The molecular weight excluding hydrogens is 321 g/mol. The minimum absolute atomic E-state index is 0.431. The van der Waals surface area contributed by atoms with Crippen molar-refractivity contribution in [2.24, 2.45) is 5.92 Å². The first-order valence-electron chi connectivity index (χ1n) is 7.28. The van der Waals surface area contributed by atoms with Crippen molar-refractivity contribution < 1.29 is 0 Å². The molecule has 1 aromatic carbocycles. The molecule has 1 N–H and O–H groups in total. The van der Waals surface area contributed by atoms with E-state index in [4.69, 9.17) is 23.2 Å². The normalized spacial score (nSPS) is 15.9. The summed E-state index contributed by atoms with van der Waals surface area (Å²) in [5.74, 6) is 2.05. The van der Waals surface area contributed by atoms with Crippen LogP contribution in [0, 0.1) is 5.92 Å². The average molecular weight is 338 g/mol. The molecular formula is C15H17Cl2N5. The van der Waals surface area contributed by atoms with Crippen LogP contribution in [0.25, 0.3) is 0 Å². The molecule has 7 heteroatoms. The van der Waals surface area contributed by atoms with Crippen LogP contribution in [0.1, 0.15) is 19.8 Å². The lowest BCUT2D eigenvalue weighted by Gasteiger charge is -2.30. The number of rotatable bonds is 3. The van der Waals surface area contributed by atoms with Gasteiger partial charge >= 0.3 is 0 Å². The van der Waals surface area contributed by atoms with E-state index in [2.05, 4.69) is 32.3 Å². The van der Waals surface area contributed by atoms with Crippen molar-refractivity contribution in [3.63, 3.8) is 0 Å². The van der Waals surface area contributed by atoms with Gasteiger partial charge in [-0.25, -0.2) is 0 Å². The zero-order valence-electron chi connectivity index (χ0n) is 12.3. The van der Waals surface area contributed by atoms with Gasteiger partial charge in [0.25, 0.3) is 0 Å². The number of hydrogen-bond donors (Lipinski definition) is 1. The van der Waals surface area contributed by atoms with E-state index in [1.807, 2.05) is 0 Å². The Labute approximate surface area is 139 Å². The summed E-state index contributed by atoms with van der Waals surface area (Å²) >= 11 is 12.0. The SMILES string of the molecule is CC1CCN(c2cnnc(Nc3ccc(Cl)cc3Cl)n2)CC1. The highest BCUT2D eigenvalue weighted by atomic mass is 35.5.